The lowest BCUT2D eigenvalue weighted by Gasteiger charge is -2.13. The summed E-state index contributed by atoms with van der Waals surface area (Å²) in [6, 6.07) is 9.37. The highest BCUT2D eigenvalue weighted by atomic mass is 32.1. The number of benzene rings is 1. The standard InChI is InChI=1S/C24H24N2O2S2/c1-14-13-20(29-15(14)2)22-25-23-21(18-5-3-4-6-19(18)30-23)24(28)26(22)12-11-16-7-9-17(27)10-8-16/h7-10,13,27H,3-6,11-12H2,1-2H3. The van der Waals surface area contributed by atoms with Gasteiger partial charge >= 0.3 is 0 Å². The zero-order chi connectivity index (χ0) is 20.8. The third-order valence-corrected chi connectivity index (χ3v) is 8.36. The summed E-state index contributed by atoms with van der Waals surface area (Å²) in [5.41, 5.74) is 3.66. The molecule has 3 heterocycles. The second kappa shape index (κ2) is 7.67. The van der Waals surface area contributed by atoms with Crippen molar-refractivity contribution in [3.05, 3.63) is 67.1 Å². The molecule has 0 atom stereocenters. The SMILES string of the molecule is Cc1cc(-c2nc3sc4c(c3c(=O)n2CCc2ccc(O)cc2)CCCC4)sc1C. The molecule has 6 heteroatoms. The van der Waals surface area contributed by atoms with Gasteiger partial charge in [-0.15, -0.1) is 22.7 Å². The Morgan fingerprint density at radius 3 is 2.60 bits per heavy atom. The van der Waals surface area contributed by atoms with Gasteiger partial charge in [0.1, 0.15) is 10.6 Å². The third kappa shape index (κ3) is 3.38. The summed E-state index contributed by atoms with van der Waals surface area (Å²) in [7, 11) is 0. The van der Waals surface area contributed by atoms with E-state index in [9.17, 15) is 9.90 Å². The molecule has 0 unspecified atom stereocenters. The monoisotopic (exact) mass is 436 g/mol. The number of aromatic nitrogens is 2. The quantitative estimate of drug-likeness (QED) is 0.451. The second-order valence-corrected chi connectivity index (χ2v) is 10.4. The van der Waals surface area contributed by atoms with Gasteiger partial charge in [-0.1, -0.05) is 12.1 Å². The van der Waals surface area contributed by atoms with E-state index in [2.05, 4.69) is 19.9 Å². The van der Waals surface area contributed by atoms with Crippen molar-refractivity contribution in [3.63, 3.8) is 0 Å². The summed E-state index contributed by atoms with van der Waals surface area (Å²) in [4.78, 5) is 23.3. The first-order valence-corrected chi connectivity index (χ1v) is 12.0. The molecule has 1 aliphatic rings. The average Bonchev–Trinajstić information content (AvgIpc) is 3.28. The van der Waals surface area contributed by atoms with Crippen molar-refractivity contribution in [3.8, 4) is 16.5 Å². The largest absolute Gasteiger partial charge is 0.508 e. The van der Waals surface area contributed by atoms with Crippen LogP contribution in [0.2, 0.25) is 0 Å². The molecule has 4 nitrogen and oxygen atoms in total. The Balaban J connectivity index is 1.66. The van der Waals surface area contributed by atoms with Crippen LogP contribution in [0.25, 0.3) is 20.9 Å². The second-order valence-electron chi connectivity index (χ2n) is 8.05. The van der Waals surface area contributed by atoms with Crippen LogP contribution in [0, 0.1) is 13.8 Å². The van der Waals surface area contributed by atoms with Crippen LogP contribution < -0.4 is 5.56 Å². The molecule has 1 N–H and O–H groups in total. The molecule has 0 saturated carbocycles. The van der Waals surface area contributed by atoms with E-state index >= 15 is 0 Å². The molecule has 5 rings (SSSR count). The molecule has 0 fully saturated rings. The van der Waals surface area contributed by atoms with Crippen LogP contribution in [-0.4, -0.2) is 14.7 Å². The molecule has 0 spiro atoms. The number of phenols is 1. The molecule has 4 aromatic rings. The van der Waals surface area contributed by atoms with Gasteiger partial charge in [-0.3, -0.25) is 9.36 Å². The minimum atomic E-state index is 0.0943. The molecule has 3 aromatic heterocycles. The maximum Gasteiger partial charge on any atom is 0.262 e. The number of aromatic hydroxyl groups is 1. The molecule has 0 radical (unpaired) electrons. The number of phenolic OH excluding ortho intramolecular Hbond substituents is 1. The first kappa shape index (κ1) is 19.5. The van der Waals surface area contributed by atoms with Crippen molar-refractivity contribution >= 4 is 32.9 Å². The Bertz CT molecular complexity index is 1280. The Morgan fingerprint density at radius 1 is 1.10 bits per heavy atom. The molecule has 154 valence electrons. The predicted octanol–water partition coefficient (Wildman–Crippen LogP) is 5.63. The maximum atomic E-state index is 13.7. The molecule has 1 aromatic carbocycles. The normalized spacial score (nSPS) is 13.7. The summed E-state index contributed by atoms with van der Waals surface area (Å²) < 4.78 is 1.88. The number of hydrogen-bond acceptors (Lipinski definition) is 5. The minimum Gasteiger partial charge on any atom is -0.508 e. The van der Waals surface area contributed by atoms with Crippen molar-refractivity contribution in [2.45, 2.75) is 52.5 Å². The van der Waals surface area contributed by atoms with Gasteiger partial charge in [-0.25, -0.2) is 4.98 Å². The highest BCUT2D eigenvalue weighted by Gasteiger charge is 2.23. The van der Waals surface area contributed by atoms with E-state index in [1.807, 2.05) is 16.7 Å². The highest BCUT2D eigenvalue weighted by Crippen LogP contribution is 2.36. The molecular weight excluding hydrogens is 412 g/mol. The molecule has 0 bridgehead atoms. The van der Waals surface area contributed by atoms with Gasteiger partial charge in [0.05, 0.1) is 10.3 Å². The molecule has 0 aliphatic heterocycles. The predicted molar refractivity (Wildman–Crippen MR) is 125 cm³/mol. The molecule has 30 heavy (non-hydrogen) atoms. The van der Waals surface area contributed by atoms with Crippen molar-refractivity contribution in [2.24, 2.45) is 0 Å². The molecule has 0 saturated heterocycles. The van der Waals surface area contributed by atoms with Crippen LogP contribution in [0.15, 0.2) is 35.1 Å². The van der Waals surface area contributed by atoms with E-state index in [1.165, 1.54) is 27.3 Å². The zero-order valence-corrected chi connectivity index (χ0v) is 18.8. The fourth-order valence-electron chi connectivity index (χ4n) is 4.22. The van der Waals surface area contributed by atoms with E-state index < -0.39 is 0 Å². The Labute approximate surface area is 183 Å². The Hall–Kier alpha value is -2.44. The fourth-order valence-corrected chi connectivity index (χ4v) is 6.51. The van der Waals surface area contributed by atoms with Crippen LogP contribution in [0.1, 0.15) is 39.3 Å². The average molecular weight is 437 g/mol. The Morgan fingerprint density at radius 2 is 1.87 bits per heavy atom. The number of thiophene rings is 2. The number of aryl methyl sites for hydroxylation is 5. The summed E-state index contributed by atoms with van der Waals surface area (Å²) in [6.45, 7) is 4.80. The van der Waals surface area contributed by atoms with Gasteiger partial charge in [0.15, 0.2) is 5.82 Å². The zero-order valence-electron chi connectivity index (χ0n) is 17.2. The van der Waals surface area contributed by atoms with Gasteiger partial charge in [0.25, 0.3) is 5.56 Å². The van der Waals surface area contributed by atoms with Crippen molar-refractivity contribution in [1.82, 2.24) is 9.55 Å². The minimum absolute atomic E-state index is 0.0943. The lowest BCUT2D eigenvalue weighted by Crippen LogP contribution is -2.24. The van der Waals surface area contributed by atoms with E-state index in [0.29, 0.717) is 6.54 Å². The number of hydrogen-bond donors (Lipinski definition) is 1. The van der Waals surface area contributed by atoms with Gasteiger partial charge in [0, 0.05) is 16.3 Å². The van der Waals surface area contributed by atoms with Gasteiger partial charge < -0.3 is 5.11 Å². The van der Waals surface area contributed by atoms with Gasteiger partial charge in [0.2, 0.25) is 0 Å². The summed E-state index contributed by atoms with van der Waals surface area (Å²) in [5, 5.41) is 10.4. The molecule has 0 amide bonds. The third-order valence-electron chi connectivity index (χ3n) is 6.02. The molecular formula is C24H24N2O2S2. The van der Waals surface area contributed by atoms with E-state index in [4.69, 9.17) is 4.98 Å². The van der Waals surface area contributed by atoms with Crippen molar-refractivity contribution in [1.29, 1.82) is 0 Å². The van der Waals surface area contributed by atoms with Gasteiger partial charge in [-0.2, -0.15) is 0 Å². The van der Waals surface area contributed by atoms with Crippen LogP contribution in [-0.2, 0) is 25.8 Å². The first-order chi connectivity index (χ1) is 14.5. The van der Waals surface area contributed by atoms with E-state index in [1.54, 1.807) is 34.8 Å². The van der Waals surface area contributed by atoms with E-state index in [-0.39, 0.29) is 11.3 Å². The van der Waals surface area contributed by atoms with Crippen LogP contribution in [0.3, 0.4) is 0 Å². The Kier molecular flexibility index (Phi) is 4.99. The van der Waals surface area contributed by atoms with Crippen LogP contribution in [0.4, 0.5) is 0 Å². The smallest absolute Gasteiger partial charge is 0.262 e. The number of rotatable bonds is 4. The summed E-state index contributed by atoms with van der Waals surface area (Å²) in [6.07, 6.45) is 5.12. The maximum absolute atomic E-state index is 13.7. The van der Waals surface area contributed by atoms with Crippen LogP contribution in [0.5, 0.6) is 5.75 Å². The fraction of sp³-hybridized carbons (Fsp3) is 0.333. The topological polar surface area (TPSA) is 55.1 Å². The van der Waals surface area contributed by atoms with E-state index in [0.717, 1.165) is 52.2 Å². The number of nitrogens with zero attached hydrogens (tertiary/aromatic N) is 2. The summed E-state index contributed by atoms with van der Waals surface area (Å²) >= 11 is 3.42. The van der Waals surface area contributed by atoms with Gasteiger partial charge in [-0.05, 0) is 80.8 Å². The number of fused-ring (bicyclic) bond motifs is 3. The summed E-state index contributed by atoms with van der Waals surface area (Å²) in [5.74, 6) is 1.04. The van der Waals surface area contributed by atoms with Crippen molar-refractivity contribution < 1.29 is 5.11 Å². The van der Waals surface area contributed by atoms with Crippen LogP contribution >= 0.6 is 22.7 Å². The first-order valence-electron chi connectivity index (χ1n) is 10.4. The van der Waals surface area contributed by atoms with Crippen molar-refractivity contribution in [2.75, 3.05) is 0 Å². The lowest BCUT2D eigenvalue weighted by atomic mass is 9.97. The lowest BCUT2D eigenvalue weighted by molar-refractivity contribution is 0.475. The molecule has 1 aliphatic carbocycles. The highest BCUT2D eigenvalue weighted by molar-refractivity contribution is 7.19.